The number of nitrogens with one attached hydrogen (secondary N) is 1. The summed E-state index contributed by atoms with van der Waals surface area (Å²) in [4.78, 5) is 16.7. The molecule has 2 aromatic heterocycles. The summed E-state index contributed by atoms with van der Waals surface area (Å²) in [6.07, 6.45) is -4.23. The lowest BCUT2D eigenvalue weighted by Gasteiger charge is -2.13. The van der Waals surface area contributed by atoms with Crippen molar-refractivity contribution in [2.45, 2.75) is 24.6 Å². The van der Waals surface area contributed by atoms with Crippen molar-refractivity contribution in [1.82, 2.24) is 19.7 Å². The minimum Gasteiger partial charge on any atom is -0.449 e. The maximum Gasteiger partial charge on any atom is 0.573 e. The maximum atomic E-state index is 12.8. The first-order chi connectivity index (χ1) is 13.5. The fraction of sp³-hybridized carbons (Fsp3) is 0.267. The number of halogens is 3. The van der Waals surface area contributed by atoms with Gasteiger partial charge in [-0.25, -0.2) is 22.9 Å². The number of imidazole rings is 1. The number of benzene rings is 1. The molecule has 0 saturated carbocycles. The fourth-order valence-corrected chi connectivity index (χ4v) is 3.98. The molecule has 0 aliphatic carbocycles. The van der Waals surface area contributed by atoms with E-state index < -0.39 is 33.0 Å². The van der Waals surface area contributed by atoms with Crippen molar-refractivity contribution in [1.29, 1.82) is 0 Å². The summed E-state index contributed by atoms with van der Waals surface area (Å²) in [5.41, 5.74) is 0.0892. The van der Waals surface area contributed by atoms with Crippen LogP contribution >= 0.6 is 0 Å². The van der Waals surface area contributed by atoms with Gasteiger partial charge < -0.3 is 19.6 Å². The average Bonchev–Trinajstić information content (AvgIpc) is 3.18. The van der Waals surface area contributed by atoms with E-state index in [0.717, 1.165) is 29.2 Å². The number of nitrogens with zero attached hydrogens (tertiary/aromatic N) is 3. The Morgan fingerprint density at radius 1 is 1.34 bits per heavy atom. The number of aromatic amines is 1. The highest BCUT2D eigenvalue weighted by molar-refractivity contribution is 7.91. The summed E-state index contributed by atoms with van der Waals surface area (Å²) < 4.78 is 72.4. The molecule has 2 N–H and O–H groups in total. The highest BCUT2D eigenvalue weighted by atomic mass is 32.2. The lowest BCUT2D eigenvalue weighted by Crippen LogP contribution is -2.19. The highest BCUT2D eigenvalue weighted by Crippen LogP contribution is 2.34. The standard InChI is InChI=1S/C15H13F3N4O6S/c1-2-3-29(25,26)12-5-10-9(4-11(12)28-15(16,17)18)20-13(21-10)22-7-8(6-19-22)27-14(23)24/h4-7H,2-3H2,1H3,(H,20,21)(H,23,24). The Labute approximate surface area is 160 Å². The Balaban J connectivity index is 2.10. The van der Waals surface area contributed by atoms with Crippen LogP contribution < -0.4 is 9.47 Å². The second kappa shape index (κ2) is 7.27. The summed E-state index contributed by atoms with van der Waals surface area (Å²) in [7, 11) is -4.05. The smallest absolute Gasteiger partial charge is 0.449 e. The summed E-state index contributed by atoms with van der Waals surface area (Å²) in [6, 6.07) is 1.85. The minimum atomic E-state index is -5.10. The van der Waals surface area contributed by atoms with E-state index in [1.165, 1.54) is 0 Å². The fourth-order valence-electron chi connectivity index (χ4n) is 2.51. The van der Waals surface area contributed by atoms with Crippen molar-refractivity contribution in [3.8, 4) is 17.4 Å². The number of aromatic nitrogens is 4. The maximum absolute atomic E-state index is 12.8. The number of H-pyrrole nitrogens is 1. The van der Waals surface area contributed by atoms with E-state index in [9.17, 15) is 26.4 Å². The Morgan fingerprint density at radius 3 is 2.69 bits per heavy atom. The molecule has 0 radical (unpaired) electrons. The van der Waals surface area contributed by atoms with Crippen LogP contribution in [0.5, 0.6) is 11.5 Å². The second-order valence-electron chi connectivity index (χ2n) is 5.73. The largest absolute Gasteiger partial charge is 0.573 e. The SMILES string of the molecule is CCCS(=O)(=O)c1cc2[nH]c(-n3cc(OC(=O)O)cn3)nc2cc1OC(F)(F)F. The lowest BCUT2D eigenvalue weighted by molar-refractivity contribution is -0.275. The van der Waals surface area contributed by atoms with E-state index in [-0.39, 0.29) is 34.9 Å². The molecule has 0 aliphatic heterocycles. The van der Waals surface area contributed by atoms with Crippen molar-refractivity contribution < 1.29 is 41.0 Å². The number of rotatable bonds is 6. The number of sulfone groups is 1. The van der Waals surface area contributed by atoms with E-state index in [0.29, 0.717) is 0 Å². The predicted octanol–water partition coefficient (Wildman–Crippen LogP) is 2.89. The lowest BCUT2D eigenvalue weighted by atomic mass is 10.3. The van der Waals surface area contributed by atoms with Crippen LogP contribution in [0, 0.1) is 0 Å². The van der Waals surface area contributed by atoms with Gasteiger partial charge in [0.05, 0.1) is 29.2 Å². The van der Waals surface area contributed by atoms with Crippen LogP contribution in [0.1, 0.15) is 13.3 Å². The van der Waals surface area contributed by atoms with E-state index in [2.05, 4.69) is 24.5 Å². The normalized spacial score (nSPS) is 12.3. The van der Waals surface area contributed by atoms with Gasteiger partial charge in [0.25, 0.3) is 0 Å². The highest BCUT2D eigenvalue weighted by Gasteiger charge is 2.34. The van der Waals surface area contributed by atoms with Crippen molar-refractivity contribution >= 4 is 27.0 Å². The summed E-state index contributed by atoms with van der Waals surface area (Å²) in [6.45, 7) is 1.57. The van der Waals surface area contributed by atoms with Crippen LogP contribution in [-0.2, 0) is 9.84 Å². The first-order valence-electron chi connectivity index (χ1n) is 7.96. The molecule has 0 amide bonds. The molecule has 0 aliphatic rings. The van der Waals surface area contributed by atoms with Gasteiger partial charge in [-0.3, -0.25) is 0 Å². The van der Waals surface area contributed by atoms with E-state index >= 15 is 0 Å². The number of alkyl halides is 3. The summed E-state index contributed by atoms with van der Waals surface area (Å²) in [5.74, 6) is -1.40. The zero-order chi connectivity index (χ0) is 21.4. The van der Waals surface area contributed by atoms with Gasteiger partial charge >= 0.3 is 12.5 Å². The Morgan fingerprint density at radius 2 is 2.07 bits per heavy atom. The molecule has 3 aromatic rings. The number of hydrogen-bond donors (Lipinski definition) is 2. The van der Waals surface area contributed by atoms with Gasteiger partial charge in [-0.15, -0.1) is 13.2 Å². The van der Waals surface area contributed by atoms with Gasteiger partial charge in [-0.2, -0.15) is 5.10 Å². The van der Waals surface area contributed by atoms with Gasteiger partial charge in [0.2, 0.25) is 5.95 Å². The molecule has 0 unspecified atom stereocenters. The third-order valence-electron chi connectivity index (χ3n) is 3.55. The van der Waals surface area contributed by atoms with Crippen LogP contribution in [0.15, 0.2) is 29.4 Å². The molecular weight excluding hydrogens is 421 g/mol. The first kappa shape index (κ1) is 20.4. The molecule has 0 atom stereocenters. The van der Waals surface area contributed by atoms with Crippen molar-refractivity contribution in [3.05, 3.63) is 24.5 Å². The molecule has 29 heavy (non-hydrogen) atoms. The molecule has 10 nitrogen and oxygen atoms in total. The Hall–Kier alpha value is -3.29. The molecule has 3 rings (SSSR count). The van der Waals surface area contributed by atoms with E-state index in [1.807, 2.05) is 0 Å². The first-order valence-corrected chi connectivity index (χ1v) is 9.62. The number of fused-ring (bicyclic) bond motifs is 1. The van der Waals surface area contributed by atoms with E-state index in [4.69, 9.17) is 5.11 Å². The third-order valence-corrected chi connectivity index (χ3v) is 5.48. The van der Waals surface area contributed by atoms with E-state index in [1.54, 1.807) is 6.92 Å². The molecule has 156 valence electrons. The topological polar surface area (TPSA) is 136 Å². The number of carboxylic acid groups (broad SMARTS) is 1. The quantitative estimate of drug-likeness (QED) is 0.565. The van der Waals surface area contributed by atoms with Gasteiger partial charge in [0.15, 0.2) is 15.6 Å². The number of ether oxygens (including phenoxy) is 2. The Bertz CT molecular complexity index is 1170. The summed E-state index contributed by atoms with van der Waals surface area (Å²) >= 11 is 0. The zero-order valence-electron chi connectivity index (χ0n) is 14.6. The zero-order valence-corrected chi connectivity index (χ0v) is 15.4. The number of carbonyl (C=O) groups is 1. The molecular formula is C15H13F3N4O6S. The van der Waals surface area contributed by atoms with Crippen molar-refractivity contribution in [2.75, 3.05) is 5.75 Å². The molecule has 0 saturated heterocycles. The molecule has 0 fully saturated rings. The molecule has 0 bridgehead atoms. The van der Waals surface area contributed by atoms with Crippen molar-refractivity contribution in [3.63, 3.8) is 0 Å². The van der Waals surface area contributed by atoms with Gasteiger partial charge in [-0.1, -0.05) is 6.92 Å². The van der Waals surface area contributed by atoms with Crippen LogP contribution in [0.2, 0.25) is 0 Å². The van der Waals surface area contributed by atoms with Crippen LogP contribution in [-0.4, -0.2) is 51.5 Å². The van der Waals surface area contributed by atoms with Crippen LogP contribution in [0.25, 0.3) is 17.0 Å². The molecule has 2 heterocycles. The Kier molecular flexibility index (Phi) is 5.13. The second-order valence-corrected chi connectivity index (χ2v) is 7.81. The van der Waals surface area contributed by atoms with Crippen molar-refractivity contribution in [2.24, 2.45) is 0 Å². The van der Waals surface area contributed by atoms with Gasteiger partial charge in [0.1, 0.15) is 10.6 Å². The van der Waals surface area contributed by atoms with Crippen LogP contribution in [0.4, 0.5) is 18.0 Å². The number of hydrogen-bond acceptors (Lipinski definition) is 7. The third kappa shape index (κ3) is 4.59. The van der Waals surface area contributed by atoms with Gasteiger partial charge in [-0.05, 0) is 12.5 Å². The minimum absolute atomic E-state index is 0.0109. The summed E-state index contributed by atoms with van der Waals surface area (Å²) in [5, 5.41) is 12.4. The molecule has 14 heteroatoms. The average molecular weight is 434 g/mol. The molecule has 0 spiro atoms. The van der Waals surface area contributed by atoms with Crippen LogP contribution in [0.3, 0.4) is 0 Å². The monoisotopic (exact) mass is 434 g/mol. The molecule has 1 aromatic carbocycles. The van der Waals surface area contributed by atoms with Gasteiger partial charge in [0, 0.05) is 6.07 Å². The predicted molar refractivity (Wildman–Crippen MR) is 90.9 cm³/mol.